The summed E-state index contributed by atoms with van der Waals surface area (Å²) in [5.41, 5.74) is 0.190. The van der Waals surface area contributed by atoms with Crippen LogP contribution < -0.4 is 0 Å². The van der Waals surface area contributed by atoms with E-state index in [1.807, 2.05) is 0 Å². The van der Waals surface area contributed by atoms with Gasteiger partial charge in [-0.15, -0.1) is 0 Å². The molecular formula is C13H14BrNO5. The average Bonchev–Trinajstić information content (AvgIpc) is 2.40. The second-order valence-corrected chi connectivity index (χ2v) is 5.42. The van der Waals surface area contributed by atoms with Crippen LogP contribution in [0.25, 0.3) is 0 Å². The SMILES string of the molecule is O=C(O)CC1CN(C(=O)c2cc(Br)ccc2O)CCO1. The number of hydrogen-bond donors (Lipinski definition) is 2. The first-order valence-corrected chi connectivity index (χ1v) is 6.88. The quantitative estimate of drug-likeness (QED) is 0.867. The maximum atomic E-state index is 12.3. The average molecular weight is 344 g/mol. The van der Waals surface area contributed by atoms with E-state index < -0.39 is 12.1 Å². The molecule has 1 fully saturated rings. The fraction of sp³-hybridized carbons (Fsp3) is 0.385. The number of carboxylic acid groups (broad SMARTS) is 1. The second-order valence-electron chi connectivity index (χ2n) is 4.50. The number of carbonyl (C=O) groups is 2. The number of carbonyl (C=O) groups excluding carboxylic acids is 1. The Morgan fingerprint density at radius 2 is 2.20 bits per heavy atom. The minimum atomic E-state index is -0.963. The lowest BCUT2D eigenvalue weighted by Crippen LogP contribution is -2.46. The molecule has 1 unspecified atom stereocenters. The number of aromatic hydroxyl groups is 1. The number of nitrogens with zero attached hydrogens (tertiary/aromatic N) is 1. The third-order valence-corrected chi connectivity index (χ3v) is 3.51. The number of rotatable bonds is 3. The molecular weight excluding hydrogens is 330 g/mol. The monoisotopic (exact) mass is 343 g/mol. The molecule has 1 aromatic rings. The number of halogens is 1. The van der Waals surface area contributed by atoms with Crippen molar-refractivity contribution in [1.82, 2.24) is 4.90 Å². The van der Waals surface area contributed by atoms with Gasteiger partial charge in [0, 0.05) is 17.6 Å². The molecule has 0 radical (unpaired) electrons. The van der Waals surface area contributed by atoms with Gasteiger partial charge < -0.3 is 19.8 Å². The largest absolute Gasteiger partial charge is 0.507 e. The van der Waals surface area contributed by atoms with E-state index in [0.29, 0.717) is 17.6 Å². The van der Waals surface area contributed by atoms with Crippen molar-refractivity contribution in [3.8, 4) is 5.75 Å². The number of hydrogen-bond acceptors (Lipinski definition) is 4. The summed E-state index contributed by atoms with van der Waals surface area (Å²) in [5.74, 6) is -1.39. The third-order valence-electron chi connectivity index (χ3n) is 3.02. The molecule has 1 heterocycles. The first kappa shape index (κ1) is 14.8. The molecule has 0 spiro atoms. The van der Waals surface area contributed by atoms with Crippen LogP contribution in [0.4, 0.5) is 0 Å². The molecule has 1 atom stereocenters. The van der Waals surface area contributed by atoms with E-state index >= 15 is 0 Å². The van der Waals surface area contributed by atoms with Gasteiger partial charge in [0.1, 0.15) is 5.75 Å². The van der Waals surface area contributed by atoms with Gasteiger partial charge in [-0.1, -0.05) is 15.9 Å². The Kier molecular flexibility index (Phi) is 4.61. The van der Waals surface area contributed by atoms with E-state index in [9.17, 15) is 14.7 Å². The normalized spacial score (nSPS) is 18.9. The van der Waals surface area contributed by atoms with E-state index in [0.717, 1.165) is 0 Å². The van der Waals surface area contributed by atoms with E-state index in [2.05, 4.69) is 15.9 Å². The number of phenolic OH excluding ortho intramolecular Hbond substituents is 1. The molecule has 108 valence electrons. The molecule has 7 heteroatoms. The topological polar surface area (TPSA) is 87.1 Å². The predicted octanol–water partition coefficient (Wildman–Crippen LogP) is 1.47. The maximum absolute atomic E-state index is 12.3. The summed E-state index contributed by atoms with van der Waals surface area (Å²) in [6.07, 6.45) is -0.659. The summed E-state index contributed by atoms with van der Waals surface area (Å²) in [5, 5.41) is 18.5. The molecule has 1 aliphatic heterocycles. The van der Waals surface area contributed by atoms with Crippen LogP contribution in [-0.4, -0.2) is 52.8 Å². The van der Waals surface area contributed by atoms with Crippen LogP contribution in [0.1, 0.15) is 16.8 Å². The minimum absolute atomic E-state index is 0.0977. The Balaban J connectivity index is 2.12. The smallest absolute Gasteiger partial charge is 0.306 e. The molecule has 1 aromatic carbocycles. The van der Waals surface area contributed by atoms with E-state index in [1.54, 1.807) is 12.1 Å². The number of carboxylic acids is 1. The van der Waals surface area contributed by atoms with Crippen molar-refractivity contribution in [2.45, 2.75) is 12.5 Å². The van der Waals surface area contributed by atoms with Crippen LogP contribution in [-0.2, 0) is 9.53 Å². The van der Waals surface area contributed by atoms with Gasteiger partial charge in [0.15, 0.2) is 0 Å². The van der Waals surface area contributed by atoms with Crippen LogP contribution in [0, 0.1) is 0 Å². The van der Waals surface area contributed by atoms with Crippen molar-refractivity contribution in [3.05, 3.63) is 28.2 Å². The summed E-state index contributed by atoms with van der Waals surface area (Å²) in [6, 6.07) is 4.62. The maximum Gasteiger partial charge on any atom is 0.306 e. The summed E-state index contributed by atoms with van der Waals surface area (Å²) < 4.78 is 6.00. The first-order valence-electron chi connectivity index (χ1n) is 6.08. The number of ether oxygens (including phenoxy) is 1. The lowest BCUT2D eigenvalue weighted by Gasteiger charge is -2.32. The number of aliphatic carboxylic acids is 1. The Bertz CT molecular complexity index is 533. The van der Waals surface area contributed by atoms with Crippen molar-refractivity contribution < 1.29 is 24.5 Å². The molecule has 1 saturated heterocycles. The molecule has 0 aromatic heterocycles. The Hall–Kier alpha value is -1.60. The third kappa shape index (κ3) is 3.49. The summed E-state index contributed by atoms with van der Waals surface area (Å²) in [4.78, 5) is 24.5. The van der Waals surface area contributed by atoms with E-state index in [-0.39, 0.29) is 30.2 Å². The van der Waals surface area contributed by atoms with Crippen LogP contribution in [0.2, 0.25) is 0 Å². The van der Waals surface area contributed by atoms with Gasteiger partial charge in [0.05, 0.1) is 24.7 Å². The Morgan fingerprint density at radius 1 is 1.45 bits per heavy atom. The van der Waals surface area contributed by atoms with Crippen LogP contribution in [0.5, 0.6) is 5.75 Å². The highest BCUT2D eigenvalue weighted by molar-refractivity contribution is 9.10. The molecule has 2 rings (SSSR count). The lowest BCUT2D eigenvalue weighted by atomic mass is 10.1. The van der Waals surface area contributed by atoms with Crippen LogP contribution >= 0.6 is 15.9 Å². The van der Waals surface area contributed by atoms with Gasteiger partial charge in [0.25, 0.3) is 5.91 Å². The van der Waals surface area contributed by atoms with E-state index in [1.165, 1.54) is 11.0 Å². The standard InChI is InChI=1S/C13H14BrNO5/c14-8-1-2-11(16)10(5-8)13(19)15-3-4-20-9(7-15)6-12(17)18/h1-2,5,9,16H,3-4,6-7H2,(H,17,18). The molecule has 1 aliphatic rings. The highest BCUT2D eigenvalue weighted by Gasteiger charge is 2.27. The molecule has 0 bridgehead atoms. The highest BCUT2D eigenvalue weighted by atomic mass is 79.9. The fourth-order valence-corrected chi connectivity index (χ4v) is 2.43. The van der Waals surface area contributed by atoms with Crippen LogP contribution in [0.3, 0.4) is 0 Å². The van der Waals surface area contributed by atoms with Gasteiger partial charge in [-0.05, 0) is 18.2 Å². The van der Waals surface area contributed by atoms with Gasteiger partial charge in [-0.3, -0.25) is 9.59 Å². The van der Waals surface area contributed by atoms with Crippen molar-refractivity contribution in [3.63, 3.8) is 0 Å². The second kappa shape index (κ2) is 6.23. The molecule has 0 saturated carbocycles. The lowest BCUT2D eigenvalue weighted by molar-refractivity contribution is -0.141. The van der Waals surface area contributed by atoms with Gasteiger partial charge in [-0.25, -0.2) is 0 Å². The van der Waals surface area contributed by atoms with Crippen LogP contribution in [0.15, 0.2) is 22.7 Å². The minimum Gasteiger partial charge on any atom is -0.507 e. The fourth-order valence-electron chi connectivity index (χ4n) is 2.07. The molecule has 20 heavy (non-hydrogen) atoms. The molecule has 6 nitrogen and oxygen atoms in total. The predicted molar refractivity (Wildman–Crippen MR) is 73.7 cm³/mol. The summed E-state index contributed by atoms with van der Waals surface area (Å²) in [7, 11) is 0. The molecule has 2 N–H and O–H groups in total. The number of phenols is 1. The van der Waals surface area contributed by atoms with Crippen molar-refractivity contribution in [2.75, 3.05) is 19.7 Å². The zero-order valence-corrected chi connectivity index (χ0v) is 12.2. The zero-order valence-electron chi connectivity index (χ0n) is 10.6. The number of benzene rings is 1. The number of morpholine rings is 1. The Labute approximate surface area is 124 Å². The summed E-state index contributed by atoms with van der Waals surface area (Å²) >= 11 is 3.25. The van der Waals surface area contributed by atoms with Gasteiger partial charge in [-0.2, -0.15) is 0 Å². The highest BCUT2D eigenvalue weighted by Crippen LogP contribution is 2.24. The van der Waals surface area contributed by atoms with Gasteiger partial charge >= 0.3 is 5.97 Å². The first-order chi connectivity index (χ1) is 9.47. The molecule has 0 aliphatic carbocycles. The summed E-state index contributed by atoms with van der Waals surface area (Å²) in [6.45, 7) is 0.871. The Morgan fingerprint density at radius 3 is 2.90 bits per heavy atom. The molecule has 1 amide bonds. The van der Waals surface area contributed by atoms with Crippen molar-refractivity contribution in [1.29, 1.82) is 0 Å². The van der Waals surface area contributed by atoms with Crippen molar-refractivity contribution in [2.24, 2.45) is 0 Å². The van der Waals surface area contributed by atoms with Crippen molar-refractivity contribution >= 4 is 27.8 Å². The zero-order chi connectivity index (χ0) is 14.7. The van der Waals surface area contributed by atoms with E-state index in [4.69, 9.17) is 9.84 Å². The number of amides is 1. The van der Waals surface area contributed by atoms with Gasteiger partial charge in [0.2, 0.25) is 0 Å².